The van der Waals surface area contributed by atoms with Gasteiger partial charge in [0.15, 0.2) is 0 Å². The van der Waals surface area contributed by atoms with Crippen LogP contribution in [0.4, 0.5) is 0 Å². The molecule has 90 valence electrons. The van der Waals surface area contributed by atoms with Gasteiger partial charge in [0.25, 0.3) is 0 Å². The van der Waals surface area contributed by atoms with E-state index in [4.69, 9.17) is 16.7 Å². The minimum absolute atomic E-state index is 0.115. The van der Waals surface area contributed by atoms with E-state index in [-0.39, 0.29) is 18.0 Å². The van der Waals surface area contributed by atoms with Crippen LogP contribution in [-0.4, -0.2) is 24.2 Å². The van der Waals surface area contributed by atoms with Crippen LogP contribution >= 0.6 is 11.6 Å². The summed E-state index contributed by atoms with van der Waals surface area (Å²) in [6, 6.07) is 4.36. The molecule has 1 aromatic carbocycles. The zero-order valence-corrected chi connectivity index (χ0v) is 9.90. The summed E-state index contributed by atoms with van der Waals surface area (Å²) in [6.45, 7) is 0. The molecule has 17 heavy (non-hydrogen) atoms. The standard InChI is InChI=1S/C12H11ClO4/c1-17-11(14)4-2-3-8-7-9(12(15)16)5-6-10(8)13/h2-3,5-7H,4H2,1H3,(H,15,16). The Balaban J connectivity index is 2.86. The Morgan fingerprint density at radius 3 is 2.76 bits per heavy atom. The minimum atomic E-state index is -1.02. The third-order valence-corrected chi connectivity index (χ3v) is 2.40. The third kappa shape index (κ3) is 3.92. The van der Waals surface area contributed by atoms with Gasteiger partial charge in [0.05, 0.1) is 19.1 Å². The van der Waals surface area contributed by atoms with Gasteiger partial charge in [0, 0.05) is 5.02 Å². The van der Waals surface area contributed by atoms with E-state index in [0.29, 0.717) is 10.6 Å². The SMILES string of the molecule is COC(=O)CC=Cc1cc(C(=O)O)ccc1Cl. The van der Waals surface area contributed by atoms with E-state index in [2.05, 4.69) is 4.74 Å². The smallest absolute Gasteiger partial charge is 0.335 e. The number of benzene rings is 1. The fourth-order valence-electron chi connectivity index (χ4n) is 1.17. The van der Waals surface area contributed by atoms with Crippen LogP contribution in [0.25, 0.3) is 6.08 Å². The van der Waals surface area contributed by atoms with E-state index < -0.39 is 5.97 Å². The molecule has 4 nitrogen and oxygen atoms in total. The molecule has 0 bridgehead atoms. The topological polar surface area (TPSA) is 63.6 Å². The summed E-state index contributed by atoms with van der Waals surface area (Å²) in [5.74, 6) is -1.39. The van der Waals surface area contributed by atoms with Crippen molar-refractivity contribution in [3.63, 3.8) is 0 Å². The second-order valence-corrected chi connectivity index (χ2v) is 3.63. The Bertz CT molecular complexity index is 466. The van der Waals surface area contributed by atoms with Gasteiger partial charge >= 0.3 is 11.9 Å². The molecule has 1 N–H and O–H groups in total. The van der Waals surface area contributed by atoms with Crippen molar-refractivity contribution >= 4 is 29.6 Å². The van der Waals surface area contributed by atoms with E-state index in [1.54, 1.807) is 12.2 Å². The summed E-state index contributed by atoms with van der Waals surface area (Å²) in [6.07, 6.45) is 3.27. The quantitative estimate of drug-likeness (QED) is 0.839. The molecule has 0 aliphatic rings. The zero-order valence-electron chi connectivity index (χ0n) is 9.14. The first-order valence-electron chi connectivity index (χ1n) is 4.81. The number of carboxylic acids is 1. The molecular weight excluding hydrogens is 244 g/mol. The summed E-state index contributed by atoms with van der Waals surface area (Å²) in [4.78, 5) is 21.6. The lowest BCUT2D eigenvalue weighted by molar-refractivity contribution is -0.139. The maximum Gasteiger partial charge on any atom is 0.335 e. The van der Waals surface area contributed by atoms with Gasteiger partial charge in [-0.25, -0.2) is 4.79 Å². The lowest BCUT2D eigenvalue weighted by Crippen LogP contribution is -1.97. The number of rotatable bonds is 4. The Labute approximate surface area is 103 Å². The molecule has 1 aromatic rings. The van der Waals surface area contributed by atoms with E-state index in [0.717, 1.165) is 0 Å². The second kappa shape index (κ2) is 6.06. The maximum absolute atomic E-state index is 10.9. The molecular formula is C12H11ClO4. The fourth-order valence-corrected chi connectivity index (χ4v) is 1.35. The molecule has 0 aromatic heterocycles. The van der Waals surface area contributed by atoms with Crippen LogP contribution in [0, 0.1) is 0 Å². The van der Waals surface area contributed by atoms with Crippen LogP contribution in [0.15, 0.2) is 24.3 Å². The van der Waals surface area contributed by atoms with Crippen LogP contribution in [0.3, 0.4) is 0 Å². The van der Waals surface area contributed by atoms with Gasteiger partial charge in [0.2, 0.25) is 0 Å². The molecule has 0 amide bonds. The van der Waals surface area contributed by atoms with E-state index in [9.17, 15) is 9.59 Å². The van der Waals surface area contributed by atoms with E-state index in [1.165, 1.54) is 25.3 Å². The summed E-state index contributed by atoms with van der Waals surface area (Å²) in [5.41, 5.74) is 0.697. The Kier molecular flexibility index (Phi) is 4.72. The Morgan fingerprint density at radius 1 is 1.47 bits per heavy atom. The van der Waals surface area contributed by atoms with Gasteiger partial charge < -0.3 is 9.84 Å². The maximum atomic E-state index is 10.9. The first-order valence-corrected chi connectivity index (χ1v) is 5.18. The Hall–Kier alpha value is -1.81. The minimum Gasteiger partial charge on any atom is -0.478 e. The van der Waals surface area contributed by atoms with Gasteiger partial charge in [-0.2, -0.15) is 0 Å². The summed E-state index contributed by atoms with van der Waals surface area (Å²) < 4.78 is 4.46. The molecule has 0 aliphatic heterocycles. The van der Waals surface area contributed by atoms with Gasteiger partial charge in [-0.15, -0.1) is 0 Å². The van der Waals surface area contributed by atoms with Crippen LogP contribution in [0.1, 0.15) is 22.3 Å². The molecule has 1 rings (SSSR count). The molecule has 0 fully saturated rings. The number of methoxy groups -OCH3 is 1. The predicted octanol–water partition coefficient (Wildman–Crippen LogP) is 2.61. The molecule has 0 spiro atoms. The number of carbonyl (C=O) groups is 2. The number of carboxylic acid groups (broad SMARTS) is 1. The van der Waals surface area contributed by atoms with E-state index >= 15 is 0 Å². The average molecular weight is 255 g/mol. The number of halogens is 1. The van der Waals surface area contributed by atoms with Gasteiger partial charge in [-0.1, -0.05) is 23.8 Å². The van der Waals surface area contributed by atoms with Gasteiger partial charge in [-0.05, 0) is 23.8 Å². The number of esters is 1. The van der Waals surface area contributed by atoms with Crippen molar-refractivity contribution in [3.05, 3.63) is 40.4 Å². The number of aromatic carboxylic acids is 1. The molecule has 0 aliphatic carbocycles. The third-order valence-electron chi connectivity index (χ3n) is 2.05. The average Bonchev–Trinajstić information content (AvgIpc) is 2.30. The summed E-state index contributed by atoms with van der Waals surface area (Å²) in [7, 11) is 1.30. The van der Waals surface area contributed by atoms with Crippen molar-refractivity contribution < 1.29 is 19.4 Å². The molecule has 0 saturated carbocycles. The number of ether oxygens (including phenoxy) is 1. The fraction of sp³-hybridized carbons (Fsp3) is 0.167. The lowest BCUT2D eigenvalue weighted by atomic mass is 10.1. The highest BCUT2D eigenvalue weighted by Gasteiger charge is 2.05. The Morgan fingerprint density at radius 2 is 2.18 bits per heavy atom. The van der Waals surface area contributed by atoms with Gasteiger partial charge in [0.1, 0.15) is 0 Å². The molecule has 0 saturated heterocycles. The lowest BCUT2D eigenvalue weighted by Gasteiger charge is -2.00. The van der Waals surface area contributed by atoms with Crippen molar-refractivity contribution in [2.45, 2.75) is 6.42 Å². The zero-order chi connectivity index (χ0) is 12.8. The number of hydrogen-bond donors (Lipinski definition) is 1. The first-order chi connectivity index (χ1) is 8.04. The highest BCUT2D eigenvalue weighted by molar-refractivity contribution is 6.32. The first kappa shape index (κ1) is 13.3. The van der Waals surface area contributed by atoms with Crippen molar-refractivity contribution in [2.24, 2.45) is 0 Å². The number of hydrogen-bond acceptors (Lipinski definition) is 3. The van der Waals surface area contributed by atoms with Crippen LogP contribution in [0.5, 0.6) is 0 Å². The van der Waals surface area contributed by atoms with Gasteiger partial charge in [-0.3, -0.25) is 4.79 Å². The van der Waals surface area contributed by atoms with Crippen molar-refractivity contribution in [1.82, 2.24) is 0 Å². The number of carbonyl (C=O) groups excluding carboxylic acids is 1. The van der Waals surface area contributed by atoms with Crippen LogP contribution in [0.2, 0.25) is 5.02 Å². The van der Waals surface area contributed by atoms with Crippen LogP contribution < -0.4 is 0 Å². The molecule has 5 heteroatoms. The van der Waals surface area contributed by atoms with Crippen molar-refractivity contribution in [1.29, 1.82) is 0 Å². The molecule has 0 atom stereocenters. The monoisotopic (exact) mass is 254 g/mol. The molecule has 0 radical (unpaired) electrons. The van der Waals surface area contributed by atoms with Crippen molar-refractivity contribution in [3.8, 4) is 0 Å². The second-order valence-electron chi connectivity index (χ2n) is 3.22. The predicted molar refractivity (Wildman–Crippen MR) is 64.1 cm³/mol. The van der Waals surface area contributed by atoms with Crippen molar-refractivity contribution in [2.75, 3.05) is 7.11 Å². The molecule has 0 heterocycles. The highest BCUT2D eigenvalue weighted by atomic mass is 35.5. The summed E-state index contributed by atoms with van der Waals surface area (Å²) in [5, 5.41) is 9.24. The summed E-state index contributed by atoms with van der Waals surface area (Å²) >= 11 is 5.89. The normalized spacial score (nSPS) is 10.5. The highest BCUT2D eigenvalue weighted by Crippen LogP contribution is 2.19. The molecule has 0 unspecified atom stereocenters. The largest absolute Gasteiger partial charge is 0.478 e. The van der Waals surface area contributed by atoms with Crippen LogP contribution in [-0.2, 0) is 9.53 Å². The van der Waals surface area contributed by atoms with E-state index in [1.807, 2.05) is 0 Å².